The molecule has 1 saturated heterocycles. The van der Waals surface area contributed by atoms with Gasteiger partial charge in [-0.1, -0.05) is 24.3 Å². The predicted molar refractivity (Wildman–Crippen MR) is 96.7 cm³/mol. The number of amides is 2. The summed E-state index contributed by atoms with van der Waals surface area (Å²) >= 11 is 0. The average molecular weight is 388 g/mol. The lowest BCUT2D eigenvalue weighted by Gasteiger charge is -2.34. The standard InChI is InChI=1S/C21H19F3N2O2/c22-21(23,24)16-8-4-7-15(11-16)20(28)26-12-13-9-17(18(26)10-13)25-19(27)14-5-2-1-3-6-14/h1-8,11,13,17-18H,9-10,12H2,(H,25,27). The molecule has 3 atom stereocenters. The number of nitrogens with one attached hydrogen (secondary N) is 1. The molecule has 2 amide bonds. The molecular weight excluding hydrogens is 369 g/mol. The van der Waals surface area contributed by atoms with Crippen molar-refractivity contribution >= 4 is 11.8 Å². The van der Waals surface area contributed by atoms with Crippen LogP contribution in [0.1, 0.15) is 39.1 Å². The van der Waals surface area contributed by atoms with Crippen molar-refractivity contribution in [3.63, 3.8) is 0 Å². The first kappa shape index (κ1) is 18.5. The maximum atomic E-state index is 13.0. The minimum atomic E-state index is -4.49. The van der Waals surface area contributed by atoms with Crippen molar-refractivity contribution in [1.82, 2.24) is 10.2 Å². The highest BCUT2D eigenvalue weighted by molar-refractivity contribution is 5.96. The lowest BCUT2D eigenvalue weighted by molar-refractivity contribution is -0.137. The third kappa shape index (κ3) is 3.48. The van der Waals surface area contributed by atoms with E-state index in [4.69, 9.17) is 0 Å². The molecule has 1 aliphatic heterocycles. The van der Waals surface area contributed by atoms with Gasteiger partial charge < -0.3 is 10.2 Å². The van der Waals surface area contributed by atoms with E-state index in [0.717, 1.165) is 25.0 Å². The SMILES string of the molecule is O=C(NC1CC2CC1N(C(=O)c1cccc(C(F)(F)F)c1)C2)c1ccccc1. The number of piperidine rings is 1. The van der Waals surface area contributed by atoms with Crippen LogP contribution in [-0.2, 0) is 6.18 Å². The minimum Gasteiger partial charge on any atom is -0.347 e. The number of nitrogens with zero attached hydrogens (tertiary/aromatic N) is 1. The molecule has 2 fully saturated rings. The molecule has 4 nitrogen and oxygen atoms in total. The second-order valence-corrected chi connectivity index (χ2v) is 7.39. The van der Waals surface area contributed by atoms with Gasteiger partial charge in [-0.05, 0) is 49.1 Å². The van der Waals surface area contributed by atoms with Crippen LogP contribution < -0.4 is 5.32 Å². The number of carbonyl (C=O) groups is 2. The minimum absolute atomic E-state index is 0.0236. The first-order valence-electron chi connectivity index (χ1n) is 9.17. The van der Waals surface area contributed by atoms with Gasteiger partial charge in [0.1, 0.15) is 0 Å². The maximum Gasteiger partial charge on any atom is 0.416 e. The van der Waals surface area contributed by atoms with Gasteiger partial charge in [-0.3, -0.25) is 9.59 Å². The summed E-state index contributed by atoms with van der Waals surface area (Å²) in [5.41, 5.74) is -0.270. The molecule has 7 heteroatoms. The summed E-state index contributed by atoms with van der Waals surface area (Å²) in [4.78, 5) is 26.9. The Bertz CT molecular complexity index is 898. The van der Waals surface area contributed by atoms with E-state index in [9.17, 15) is 22.8 Å². The van der Waals surface area contributed by atoms with Crippen LogP contribution in [0.5, 0.6) is 0 Å². The largest absolute Gasteiger partial charge is 0.416 e. The second kappa shape index (κ2) is 6.96. The Kier molecular flexibility index (Phi) is 4.61. The van der Waals surface area contributed by atoms with Crippen LogP contribution in [0.3, 0.4) is 0 Å². The van der Waals surface area contributed by atoms with Gasteiger partial charge in [0, 0.05) is 23.7 Å². The fraction of sp³-hybridized carbons (Fsp3) is 0.333. The molecule has 0 spiro atoms. The van der Waals surface area contributed by atoms with Gasteiger partial charge in [-0.25, -0.2) is 0 Å². The summed E-state index contributed by atoms with van der Waals surface area (Å²) in [5, 5.41) is 2.99. The fourth-order valence-electron chi connectivity index (χ4n) is 4.25. The summed E-state index contributed by atoms with van der Waals surface area (Å²) < 4.78 is 38.9. The van der Waals surface area contributed by atoms with E-state index < -0.39 is 17.6 Å². The van der Waals surface area contributed by atoms with E-state index in [-0.39, 0.29) is 29.5 Å². The number of likely N-dealkylation sites (tertiary alicyclic amines) is 1. The van der Waals surface area contributed by atoms with Gasteiger partial charge in [-0.2, -0.15) is 13.2 Å². The Morgan fingerprint density at radius 3 is 2.36 bits per heavy atom. The zero-order valence-electron chi connectivity index (χ0n) is 14.9. The molecule has 1 saturated carbocycles. The zero-order chi connectivity index (χ0) is 19.9. The second-order valence-electron chi connectivity index (χ2n) is 7.39. The van der Waals surface area contributed by atoms with Crippen molar-refractivity contribution in [3.05, 3.63) is 71.3 Å². The lowest BCUT2D eigenvalue weighted by atomic mass is 10.0. The Morgan fingerprint density at radius 2 is 1.68 bits per heavy atom. The molecule has 28 heavy (non-hydrogen) atoms. The van der Waals surface area contributed by atoms with Crippen LogP contribution in [0.25, 0.3) is 0 Å². The molecule has 0 radical (unpaired) electrons. The van der Waals surface area contributed by atoms with Crippen LogP contribution in [0.15, 0.2) is 54.6 Å². The molecule has 1 aliphatic carbocycles. The van der Waals surface area contributed by atoms with Crippen LogP contribution in [0.2, 0.25) is 0 Å². The van der Waals surface area contributed by atoms with E-state index in [1.54, 1.807) is 29.2 Å². The summed E-state index contributed by atoms with van der Waals surface area (Å²) in [6, 6.07) is 12.9. The van der Waals surface area contributed by atoms with Crippen LogP contribution in [0.4, 0.5) is 13.2 Å². The van der Waals surface area contributed by atoms with Gasteiger partial charge in [0.05, 0.1) is 11.6 Å². The smallest absolute Gasteiger partial charge is 0.347 e. The maximum absolute atomic E-state index is 13.0. The summed E-state index contributed by atoms with van der Waals surface area (Å²) in [6.45, 7) is 0.511. The highest BCUT2D eigenvalue weighted by Crippen LogP contribution is 2.39. The summed E-state index contributed by atoms with van der Waals surface area (Å²) in [7, 11) is 0. The Balaban J connectivity index is 1.49. The zero-order valence-corrected chi connectivity index (χ0v) is 14.9. The van der Waals surface area contributed by atoms with E-state index in [2.05, 4.69) is 5.32 Å². The third-order valence-corrected chi connectivity index (χ3v) is 5.53. The normalized spacial score (nSPS) is 23.7. The highest BCUT2D eigenvalue weighted by Gasteiger charge is 2.47. The fourth-order valence-corrected chi connectivity index (χ4v) is 4.25. The van der Waals surface area contributed by atoms with E-state index in [1.165, 1.54) is 12.1 Å². The number of carbonyl (C=O) groups excluding carboxylic acids is 2. The topological polar surface area (TPSA) is 49.4 Å². The summed E-state index contributed by atoms with van der Waals surface area (Å²) in [6.07, 6.45) is -2.97. The molecule has 1 heterocycles. The van der Waals surface area contributed by atoms with Crippen LogP contribution >= 0.6 is 0 Å². The Morgan fingerprint density at radius 1 is 0.964 bits per heavy atom. The van der Waals surface area contributed by atoms with E-state index >= 15 is 0 Å². The van der Waals surface area contributed by atoms with Crippen molar-refractivity contribution in [3.8, 4) is 0 Å². The molecule has 4 rings (SSSR count). The highest BCUT2D eigenvalue weighted by atomic mass is 19.4. The first-order chi connectivity index (χ1) is 13.3. The average Bonchev–Trinajstić information content (AvgIpc) is 3.28. The quantitative estimate of drug-likeness (QED) is 0.871. The molecule has 2 aromatic rings. The number of benzene rings is 2. The van der Waals surface area contributed by atoms with Crippen LogP contribution in [0, 0.1) is 5.92 Å². The number of hydrogen-bond donors (Lipinski definition) is 1. The number of rotatable bonds is 3. The molecule has 2 bridgehead atoms. The first-order valence-corrected chi connectivity index (χ1v) is 9.17. The van der Waals surface area contributed by atoms with Crippen molar-refractivity contribution in [2.75, 3.05) is 6.54 Å². The van der Waals surface area contributed by atoms with E-state index in [0.29, 0.717) is 12.1 Å². The molecule has 146 valence electrons. The van der Waals surface area contributed by atoms with Gasteiger partial charge in [0.2, 0.25) is 0 Å². The molecule has 2 aliphatic rings. The Hall–Kier alpha value is -2.83. The third-order valence-electron chi connectivity index (χ3n) is 5.53. The van der Waals surface area contributed by atoms with Gasteiger partial charge in [0.25, 0.3) is 11.8 Å². The molecular formula is C21H19F3N2O2. The molecule has 3 unspecified atom stereocenters. The van der Waals surface area contributed by atoms with Gasteiger partial charge in [-0.15, -0.1) is 0 Å². The van der Waals surface area contributed by atoms with Gasteiger partial charge in [0.15, 0.2) is 0 Å². The molecule has 2 aromatic carbocycles. The number of halogens is 3. The monoisotopic (exact) mass is 388 g/mol. The Labute approximate surface area is 160 Å². The number of fused-ring (bicyclic) bond motifs is 2. The van der Waals surface area contributed by atoms with Crippen LogP contribution in [-0.4, -0.2) is 35.3 Å². The lowest BCUT2D eigenvalue weighted by Crippen LogP contribution is -2.52. The van der Waals surface area contributed by atoms with Gasteiger partial charge >= 0.3 is 6.18 Å². The van der Waals surface area contributed by atoms with Crippen molar-refractivity contribution < 1.29 is 22.8 Å². The van der Waals surface area contributed by atoms with Crippen molar-refractivity contribution in [2.45, 2.75) is 31.1 Å². The molecule has 1 N–H and O–H groups in total. The predicted octanol–water partition coefficient (Wildman–Crippen LogP) is 3.74. The van der Waals surface area contributed by atoms with Crippen molar-refractivity contribution in [1.29, 1.82) is 0 Å². The number of hydrogen-bond acceptors (Lipinski definition) is 2. The molecule has 0 aromatic heterocycles. The number of alkyl halides is 3. The van der Waals surface area contributed by atoms with E-state index in [1.807, 2.05) is 6.07 Å². The summed E-state index contributed by atoms with van der Waals surface area (Å²) in [5.74, 6) is -0.373. The van der Waals surface area contributed by atoms with Crippen molar-refractivity contribution in [2.24, 2.45) is 5.92 Å².